The van der Waals surface area contributed by atoms with Gasteiger partial charge in [-0.1, -0.05) is 22.9 Å². The Labute approximate surface area is 126 Å². The second kappa shape index (κ2) is 5.84. The number of aromatic amines is 1. The first-order chi connectivity index (χ1) is 9.79. The van der Waals surface area contributed by atoms with Gasteiger partial charge < -0.3 is 5.32 Å². The first-order valence-electron chi connectivity index (χ1n) is 5.90. The van der Waals surface area contributed by atoms with Crippen molar-refractivity contribution in [3.8, 4) is 0 Å². The van der Waals surface area contributed by atoms with Crippen LogP contribution < -0.4 is 5.32 Å². The number of benzene rings is 1. The molecule has 0 aliphatic rings. The molecular formula is C12H10BrF3N4O. The van der Waals surface area contributed by atoms with Gasteiger partial charge in [0.05, 0.1) is 5.56 Å². The predicted octanol–water partition coefficient (Wildman–Crippen LogP) is 3.40. The highest BCUT2D eigenvalue weighted by Crippen LogP contribution is 2.33. The molecular weight excluding hydrogens is 353 g/mol. The van der Waals surface area contributed by atoms with Gasteiger partial charge in [-0.25, -0.2) is 4.98 Å². The molecule has 0 aliphatic heterocycles. The fraction of sp³-hybridized carbons (Fsp3) is 0.250. The molecule has 21 heavy (non-hydrogen) atoms. The molecule has 1 aromatic heterocycles. The number of anilines is 1. The van der Waals surface area contributed by atoms with Crippen molar-refractivity contribution < 1.29 is 18.0 Å². The molecule has 2 aromatic rings. The largest absolute Gasteiger partial charge is 0.416 e. The average Bonchev–Trinajstić information content (AvgIpc) is 2.85. The molecule has 5 nitrogen and oxygen atoms in total. The second-order valence-corrected chi connectivity index (χ2v) is 5.06. The third-order valence-corrected chi connectivity index (χ3v) is 3.01. The van der Waals surface area contributed by atoms with Crippen LogP contribution in [0.3, 0.4) is 0 Å². The zero-order valence-electron chi connectivity index (χ0n) is 10.8. The highest BCUT2D eigenvalue weighted by molar-refractivity contribution is 9.10. The zero-order chi connectivity index (χ0) is 15.6. The minimum absolute atomic E-state index is 0.00421. The smallest absolute Gasteiger partial charge is 0.319 e. The number of hydrogen-bond acceptors (Lipinski definition) is 3. The molecule has 9 heteroatoms. The lowest BCUT2D eigenvalue weighted by Gasteiger charge is -2.10. The lowest BCUT2D eigenvalue weighted by atomic mass is 10.2. The van der Waals surface area contributed by atoms with Crippen LogP contribution in [-0.4, -0.2) is 21.1 Å². The predicted molar refractivity (Wildman–Crippen MR) is 72.9 cm³/mol. The highest BCUT2D eigenvalue weighted by Gasteiger charge is 2.31. The molecule has 0 unspecified atom stereocenters. The van der Waals surface area contributed by atoms with Crippen molar-refractivity contribution >= 4 is 27.5 Å². The van der Waals surface area contributed by atoms with E-state index in [-0.39, 0.29) is 16.0 Å². The van der Waals surface area contributed by atoms with Crippen molar-refractivity contribution in [3.63, 3.8) is 0 Å². The Morgan fingerprint density at radius 1 is 1.38 bits per heavy atom. The summed E-state index contributed by atoms with van der Waals surface area (Å²) in [4.78, 5) is 15.8. The second-order valence-electron chi connectivity index (χ2n) is 4.14. The number of nitrogens with one attached hydrogen (secondary N) is 2. The molecule has 1 heterocycles. The van der Waals surface area contributed by atoms with Crippen LogP contribution in [0.25, 0.3) is 0 Å². The molecule has 0 bridgehead atoms. The Balaban J connectivity index is 2.23. The van der Waals surface area contributed by atoms with Gasteiger partial charge in [0.15, 0.2) is 0 Å². The van der Waals surface area contributed by atoms with Gasteiger partial charge in [0.2, 0.25) is 5.82 Å². The number of aryl methyl sites for hydroxylation is 1. The first kappa shape index (κ1) is 15.5. The van der Waals surface area contributed by atoms with Crippen molar-refractivity contribution in [1.82, 2.24) is 15.2 Å². The Morgan fingerprint density at radius 2 is 2.10 bits per heavy atom. The van der Waals surface area contributed by atoms with E-state index in [0.717, 1.165) is 12.1 Å². The van der Waals surface area contributed by atoms with E-state index in [1.54, 1.807) is 0 Å². The summed E-state index contributed by atoms with van der Waals surface area (Å²) in [6, 6.07) is 3.13. The van der Waals surface area contributed by atoms with E-state index in [0.29, 0.717) is 12.2 Å². The molecule has 112 valence electrons. The van der Waals surface area contributed by atoms with Crippen LogP contribution in [0.15, 0.2) is 22.7 Å². The van der Waals surface area contributed by atoms with Crippen molar-refractivity contribution in [2.24, 2.45) is 0 Å². The summed E-state index contributed by atoms with van der Waals surface area (Å²) in [5, 5.41) is 8.59. The summed E-state index contributed by atoms with van der Waals surface area (Å²) >= 11 is 2.98. The number of H-pyrrole nitrogens is 1. The lowest BCUT2D eigenvalue weighted by molar-refractivity contribution is -0.137. The maximum atomic E-state index is 12.7. The molecule has 1 aromatic carbocycles. The Kier molecular flexibility index (Phi) is 4.31. The normalized spacial score (nSPS) is 11.5. The number of aromatic nitrogens is 3. The first-order valence-corrected chi connectivity index (χ1v) is 6.69. The van der Waals surface area contributed by atoms with Crippen LogP contribution in [-0.2, 0) is 12.6 Å². The molecule has 0 radical (unpaired) electrons. The highest BCUT2D eigenvalue weighted by atomic mass is 79.9. The van der Waals surface area contributed by atoms with E-state index in [1.165, 1.54) is 6.07 Å². The average molecular weight is 363 g/mol. The summed E-state index contributed by atoms with van der Waals surface area (Å²) in [6.45, 7) is 1.83. The van der Waals surface area contributed by atoms with E-state index in [4.69, 9.17) is 0 Å². The summed E-state index contributed by atoms with van der Waals surface area (Å²) < 4.78 is 38.3. The van der Waals surface area contributed by atoms with E-state index in [2.05, 4.69) is 36.4 Å². The number of alkyl halides is 3. The quantitative estimate of drug-likeness (QED) is 0.878. The zero-order valence-corrected chi connectivity index (χ0v) is 12.3. The van der Waals surface area contributed by atoms with Gasteiger partial charge in [-0.2, -0.15) is 13.2 Å². The SMILES string of the molecule is CCc1nc(C(=O)Nc2cc(Br)cc(C(F)(F)F)c2)n[nH]1. The molecule has 0 atom stereocenters. The van der Waals surface area contributed by atoms with Crippen molar-refractivity contribution in [2.45, 2.75) is 19.5 Å². The van der Waals surface area contributed by atoms with Crippen molar-refractivity contribution in [1.29, 1.82) is 0 Å². The van der Waals surface area contributed by atoms with Crippen LogP contribution in [0.2, 0.25) is 0 Å². The van der Waals surface area contributed by atoms with Crippen LogP contribution >= 0.6 is 15.9 Å². The van der Waals surface area contributed by atoms with Gasteiger partial charge in [-0.05, 0) is 18.2 Å². The lowest BCUT2D eigenvalue weighted by Crippen LogP contribution is -2.15. The summed E-state index contributed by atoms with van der Waals surface area (Å²) in [5.74, 6) is -0.289. The maximum absolute atomic E-state index is 12.7. The van der Waals surface area contributed by atoms with Gasteiger partial charge >= 0.3 is 6.18 Å². The van der Waals surface area contributed by atoms with Crippen LogP contribution in [0.4, 0.5) is 18.9 Å². The van der Waals surface area contributed by atoms with Crippen LogP contribution in [0, 0.1) is 0 Å². The van der Waals surface area contributed by atoms with E-state index < -0.39 is 17.6 Å². The number of rotatable bonds is 3. The Hall–Kier alpha value is -1.90. The standard InChI is InChI=1S/C12H10BrF3N4O/c1-2-9-18-10(20-19-9)11(21)17-8-4-6(12(14,15)16)3-7(13)5-8/h3-5H,2H2,1H3,(H,17,21)(H,18,19,20). The number of amides is 1. The van der Waals surface area contributed by atoms with Gasteiger partial charge in [0.25, 0.3) is 5.91 Å². The topological polar surface area (TPSA) is 70.7 Å². The van der Waals surface area contributed by atoms with Crippen molar-refractivity contribution in [3.05, 3.63) is 39.9 Å². The maximum Gasteiger partial charge on any atom is 0.416 e. The molecule has 2 N–H and O–H groups in total. The van der Waals surface area contributed by atoms with E-state index >= 15 is 0 Å². The van der Waals surface area contributed by atoms with Gasteiger partial charge in [-0.3, -0.25) is 9.89 Å². The van der Waals surface area contributed by atoms with Gasteiger partial charge in [0, 0.05) is 16.6 Å². The summed E-state index contributed by atoms with van der Waals surface area (Å²) in [5.41, 5.74) is -0.860. The number of hydrogen-bond donors (Lipinski definition) is 2. The third-order valence-electron chi connectivity index (χ3n) is 2.55. The van der Waals surface area contributed by atoms with Gasteiger partial charge in [-0.15, -0.1) is 5.10 Å². The van der Waals surface area contributed by atoms with Crippen LogP contribution in [0.5, 0.6) is 0 Å². The van der Waals surface area contributed by atoms with Crippen molar-refractivity contribution in [2.75, 3.05) is 5.32 Å². The molecule has 0 spiro atoms. The molecule has 0 saturated carbocycles. The summed E-state index contributed by atoms with van der Waals surface area (Å²) in [6.07, 6.45) is -3.93. The summed E-state index contributed by atoms with van der Waals surface area (Å²) in [7, 11) is 0. The number of halogens is 4. The van der Waals surface area contributed by atoms with E-state index in [1.807, 2.05) is 6.92 Å². The molecule has 2 rings (SSSR count). The van der Waals surface area contributed by atoms with Crippen LogP contribution in [0.1, 0.15) is 28.9 Å². The Bertz CT molecular complexity index is 669. The Morgan fingerprint density at radius 3 is 2.67 bits per heavy atom. The minimum Gasteiger partial charge on any atom is -0.319 e. The molecule has 1 amide bonds. The number of carbonyl (C=O) groups excluding carboxylic acids is 1. The van der Waals surface area contributed by atoms with Gasteiger partial charge in [0.1, 0.15) is 5.82 Å². The third kappa shape index (κ3) is 3.81. The fourth-order valence-electron chi connectivity index (χ4n) is 1.57. The van der Waals surface area contributed by atoms with E-state index in [9.17, 15) is 18.0 Å². The number of nitrogens with zero attached hydrogens (tertiary/aromatic N) is 2. The minimum atomic E-state index is -4.50. The monoisotopic (exact) mass is 362 g/mol. The molecule has 0 fully saturated rings. The number of carbonyl (C=O) groups is 1. The fourth-order valence-corrected chi connectivity index (χ4v) is 2.06. The molecule has 0 aliphatic carbocycles. The molecule has 0 saturated heterocycles.